The molecule has 0 spiro atoms. The molecule has 0 aliphatic carbocycles. The molecule has 1 aliphatic rings. The summed E-state index contributed by atoms with van der Waals surface area (Å²) in [5.41, 5.74) is -0.379. The molecule has 4 rings (SSSR count). The molecule has 7 nitrogen and oxygen atoms in total. The molecule has 34 heavy (non-hydrogen) atoms. The van der Waals surface area contributed by atoms with Gasteiger partial charge in [0.2, 0.25) is 0 Å². The molecule has 0 radical (unpaired) electrons. The number of carbonyl (C=O) groups excluding carboxylic acids is 1. The van der Waals surface area contributed by atoms with Crippen molar-refractivity contribution in [3.05, 3.63) is 52.2 Å². The van der Waals surface area contributed by atoms with Gasteiger partial charge in [0.05, 0.1) is 18.8 Å². The summed E-state index contributed by atoms with van der Waals surface area (Å²) in [4.78, 5) is 25.5. The number of benzene rings is 2. The van der Waals surface area contributed by atoms with Crippen LogP contribution in [0.25, 0.3) is 20.2 Å². The summed E-state index contributed by atoms with van der Waals surface area (Å²) in [6.45, 7) is 9.74. The van der Waals surface area contributed by atoms with Gasteiger partial charge < -0.3 is 24.6 Å². The number of amides is 1. The molecule has 0 saturated carbocycles. The standard InChI is InChI=1S/C26H31NO6S/c1-24(2,3)33-23(30)27-26(14-31-25(4,5)32-15-26)11-10-16-6-8-18-20(12-16)34-21-13-17(28)7-9-19(21)22(18)29/h6-9,12-13,28H,10-11,14-15H2,1-5H3,(H,27,30). The Morgan fingerprint density at radius 3 is 2.35 bits per heavy atom. The van der Waals surface area contributed by atoms with Gasteiger partial charge in [-0.2, -0.15) is 0 Å². The van der Waals surface area contributed by atoms with Gasteiger partial charge in [0.25, 0.3) is 0 Å². The monoisotopic (exact) mass is 485 g/mol. The van der Waals surface area contributed by atoms with E-state index in [0.29, 0.717) is 36.8 Å². The van der Waals surface area contributed by atoms with E-state index in [2.05, 4.69) is 5.32 Å². The summed E-state index contributed by atoms with van der Waals surface area (Å²) >= 11 is 1.47. The fourth-order valence-corrected chi connectivity index (χ4v) is 5.10. The van der Waals surface area contributed by atoms with E-state index in [9.17, 15) is 14.7 Å². The van der Waals surface area contributed by atoms with Gasteiger partial charge in [-0.15, -0.1) is 11.3 Å². The third kappa shape index (κ3) is 5.51. The molecular weight excluding hydrogens is 454 g/mol. The topological polar surface area (TPSA) is 94.1 Å². The van der Waals surface area contributed by atoms with Crippen LogP contribution in [-0.2, 0) is 20.6 Å². The molecule has 1 saturated heterocycles. The van der Waals surface area contributed by atoms with Crippen molar-refractivity contribution in [3.63, 3.8) is 0 Å². The number of hydrogen-bond acceptors (Lipinski definition) is 7. The van der Waals surface area contributed by atoms with Gasteiger partial charge in [-0.1, -0.05) is 6.07 Å². The van der Waals surface area contributed by atoms with Crippen LogP contribution in [0.4, 0.5) is 4.79 Å². The van der Waals surface area contributed by atoms with Crippen molar-refractivity contribution in [2.75, 3.05) is 13.2 Å². The van der Waals surface area contributed by atoms with Crippen molar-refractivity contribution in [3.8, 4) is 5.75 Å². The van der Waals surface area contributed by atoms with Crippen molar-refractivity contribution in [2.24, 2.45) is 0 Å². The highest BCUT2D eigenvalue weighted by atomic mass is 32.1. The molecular formula is C26H31NO6S. The molecule has 2 heterocycles. The van der Waals surface area contributed by atoms with Gasteiger partial charge in [-0.05, 0) is 83.4 Å². The Morgan fingerprint density at radius 1 is 1.09 bits per heavy atom. The van der Waals surface area contributed by atoms with Crippen molar-refractivity contribution >= 4 is 37.6 Å². The number of aromatic hydroxyl groups is 1. The Morgan fingerprint density at radius 2 is 1.71 bits per heavy atom. The molecule has 182 valence electrons. The molecule has 8 heteroatoms. The molecule has 2 N–H and O–H groups in total. The Hall–Kier alpha value is -2.68. The van der Waals surface area contributed by atoms with E-state index in [-0.39, 0.29) is 11.2 Å². The molecule has 1 aliphatic heterocycles. The van der Waals surface area contributed by atoms with Gasteiger partial charge in [0.1, 0.15) is 11.4 Å². The number of alkyl carbamates (subject to hydrolysis) is 1. The number of ether oxygens (including phenoxy) is 3. The zero-order chi connectivity index (χ0) is 24.7. The van der Waals surface area contributed by atoms with Gasteiger partial charge >= 0.3 is 6.09 Å². The molecule has 1 fully saturated rings. The van der Waals surface area contributed by atoms with E-state index >= 15 is 0 Å². The summed E-state index contributed by atoms with van der Waals surface area (Å²) < 4.78 is 18.9. The summed E-state index contributed by atoms with van der Waals surface area (Å²) in [6.07, 6.45) is 0.692. The van der Waals surface area contributed by atoms with Crippen LogP contribution in [0.2, 0.25) is 0 Å². The fraction of sp³-hybridized carbons (Fsp3) is 0.462. The number of nitrogens with one attached hydrogen (secondary N) is 1. The zero-order valence-corrected chi connectivity index (χ0v) is 21.0. The highest BCUT2D eigenvalue weighted by Gasteiger charge is 2.42. The number of aryl methyl sites for hydroxylation is 1. The summed E-state index contributed by atoms with van der Waals surface area (Å²) in [6, 6.07) is 10.6. The zero-order valence-electron chi connectivity index (χ0n) is 20.2. The maximum absolute atomic E-state index is 12.9. The highest BCUT2D eigenvalue weighted by Crippen LogP contribution is 2.30. The molecule has 1 aromatic heterocycles. The Kier molecular flexibility index (Phi) is 6.35. The summed E-state index contributed by atoms with van der Waals surface area (Å²) in [7, 11) is 0. The minimum Gasteiger partial charge on any atom is -0.508 e. The van der Waals surface area contributed by atoms with Crippen LogP contribution in [-0.4, -0.2) is 41.3 Å². The van der Waals surface area contributed by atoms with Gasteiger partial charge in [-0.25, -0.2) is 4.79 Å². The second-order valence-electron chi connectivity index (χ2n) is 10.3. The average molecular weight is 486 g/mol. The van der Waals surface area contributed by atoms with Crippen molar-refractivity contribution < 1.29 is 24.1 Å². The van der Waals surface area contributed by atoms with Crippen LogP contribution < -0.4 is 10.7 Å². The molecule has 0 bridgehead atoms. The predicted molar refractivity (Wildman–Crippen MR) is 134 cm³/mol. The Balaban J connectivity index is 1.59. The highest BCUT2D eigenvalue weighted by molar-refractivity contribution is 7.24. The Labute approximate surface area is 202 Å². The van der Waals surface area contributed by atoms with Crippen LogP contribution in [0.1, 0.15) is 46.6 Å². The lowest BCUT2D eigenvalue weighted by Gasteiger charge is -2.44. The summed E-state index contributed by atoms with van der Waals surface area (Å²) in [5, 5.41) is 14.1. The van der Waals surface area contributed by atoms with Crippen LogP contribution in [0.15, 0.2) is 41.2 Å². The molecule has 1 amide bonds. The number of phenolic OH excluding ortho intramolecular Hbond substituents is 1. The van der Waals surface area contributed by atoms with E-state index in [1.165, 1.54) is 17.4 Å². The third-order valence-electron chi connectivity index (χ3n) is 5.77. The minimum absolute atomic E-state index is 0.0466. The van der Waals surface area contributed by atoms with E-state index in [1.54, 1.807) is 12.1 Å². The molecule has 0 atom stereocenters. The third-order valence-corrected chi connectivity index (χ3v) is 6.89. The van der Waals surface area contributed by atoms with Crippen LogP contribution >= 0.6 is 11.3 Å². The lowest BCUT2D eigenvalue weighted by molar-refractivity contribution is -0.271. The first kappa shape index (κ1) is 24.4. The first-order valence-corrected chi connectivity index (χ1v) is 12.1. The number of rotatable bonds is 4. The quantitative estimate of drug-likeness (QED) is 0.500. The van der Waals surface area contributed by atoms with E-state index in [4.69, 9.17) is 14.2 Å². The molecule has 3 aromatic rings. The average Bonchev–Trinajstić information content (AvgIpc) is 2.73. The van der Waals surface area contributed by atoms with Gasteiger partial charge in [0, 0.05) is 20.2 Å². The normalized spacial score (nSPS) is 17.6. The number of fused-ring (bicyclic) bond motifs is 2. The van der Waals surface area contributed by atoms with E-state index < -0.39 is 23.0 Å². The van der Waals surface area contributed by atoms with Crippen molar-refractivity contribution in [2.45, 2.75) is 64.4 Å². The van der Waals surface area contributed by atoms with Gasteiger partial charge in [-0.3, -0.25) is 4.79 Å². The second kappa shape index (κ2) is 8.83. The number of carbonyl (C=O) groups is 1. The fourth-order valence-electron chi connectivity index (χ4n) is 3.93. The molecule has 2 aromatic carbocycles. The van der Waals surface area contributed by atoms with Crippen molar-refractivity contribution in [1.82, 2.24) is 5.32 Å². The van der Waals surface area contributed by atoms with Gasteiger partial charge in [0.15, 0.2) is 11.2 Å². The van der Waals surface area contributed by atoms with Crippen LogP contribution in [0.5, 0.6) is 5.75 Å². The van der Waals surface area contributed by atoms with E-state index in [0.717, 1.165) is 15.0 Å². The van der Waals surface area contributed by atoms with E-state index in [1.807, 2.05) is 52.8 Å². The van der Waals surface area contributed by atoms with Crippen LogP contribution in [0.3, 0.4) is 0 Å². The first-order valence-electron chi connectivity index (χ1n) is 11.3. The predicted octanol–water partition coefficient (Wildman–Crippen LogP) is 5.10. The number of hydrogen-bond donors (Lipinski definition) is 2. The van der Waals surface area contributed by atoms with Crippen LogP contribution in [0, 0.1) is 0 Å². The minimum atomic E-state index is -0.741. The Bertz CT molecular complexity index is 1280. The summed E-state index contributed by atoms with van der Waals surface area (Å²) in [5.74, 6) is -0.588. The lowest BCUT2D eigenvalue weighted by Crippen LogP contribution is -2.61. The largest absolute Gasteiger partial charge is 0.508 e. The first-order chi connectivity index (χ1) is 15.8. The maximum Gasteiger partial charge on any atom is 0.408 e. The second-order valence-corrected chi connectivity index (χ2v) is 11.4. The number of phenols is 1. The smallest absolute Gasteiger partial charge is 0.408 e. The lowest BCUT2D eigenvalue weighted by atomic mass is 9.91. The SMILES string of the molecule is CC(C)(C)OC(=O)NC1(CCc2ccc3c(=O)c4ccc(O)cc4sc3c2)COC(C)(C)OC1. The molecule has 0 unspecified atom stereocenters. The maximum atomic E-state index is 12.9. The van der Waals surface area contributed by atoms with Crippen molar-refractivity contribution in [1.29, 1.82) is 0 Å².